The molecular weight excluding hydrogens is 390 g/mol. The Balaban J connectivity index is 1.34. The van der Waals surface area contributed by atoms with Crippen molar-refractivity contribution in [3.05, 3.63) is 78.1 Å². The van der Waals surface area contributed by atoms with Crippen LogP contribution in [0, 0.1) is 0 Å². The Kier molecular flexibility index (Phi) is 4.92. The average Bonchev–Trinajstić information content (AvgIpc) is 3.43. The van der Waals surface area contributed by atoms with Gasteiger partial charge in [0.15, 0.2) is 0 Å². The topological polar surface area (TPSA) is 82.3 Å². The van der Waals surface area contributed by atoms with Gasteiger partial charge in [0.25, 0.3) is 0 Å². The molecule has 0 saturated carbocycles. The molecule has 0 fully saturated rings. The van der Waals surface area contributed by atoms with Gasteiger partial charge in [0, 0.05) is 47.8 Å². The van der Waals surface area contributed by atoms with Gasteiger partial charge in [0.2, 0.25) is 0 Å². The second-order valence-electron chi connectivity index (χ2n) is 7.46. The quantitative estimate of drug-likeness (QED) is 0.440. The molecule has 31 heavy (non-hydrogen) atoms. The molecule has 7 heteroatoms. The summed E-state index contributed by atoms with van der Waals surface area (Å²) in [5, 5.41) is 7.02. The molecule has 3 N–H and O–H groups in total. The zero-order valence-electron chi connectivity index (χ0n) is 17.2. The van der Waals surface area contributed by atoms with Gasteiger partial charge >= 0.3 is 6.03 Å². The van der Waals surface area contributed by atoms with E-state index in [1.807, 2.05) is 48.8 Å². The Morgan fingerprint density at radius 3 is 2.84 bits per heavy atom. The molecule has 0 aliphatic carbocycles. The number of benzene rings is 2. The van der Waals surface area contributed by atoms with E-state index < -0.39 is 0 Å². The minimum absolute atomic E-state index is 0.292. The van der Waals surface area contributed by atoms with Gasteiger partial charge in [-0.1, -0.05) is 18.2 Å². The number of ether oxygens (including phenoxy) is 1. The van der Waals surface area contributed by atoms with Crippen LogP contribution in [-0.2, 0) is 13.0 Å². The summed E-state index contributed by atoms with van der Waals surface area (Å²) in [6.45, 7) is 1.69. The molecule has 2 amide bonds. The molecule has 1 aliphatic rings. The SMILES string of the molecule is COc1ccccc1NC(=O)Nc1cccc2c1CCN2Cc1ccnc2[nH]ccc12. The maximum Gasteiger partial charge on any atom is 0.323 e. The highest BCUT2D eigenvalue weighted by atomic mass is 16.5. The van der Waals surface area contributed by atoms with Crippen molar-refractivity contribution < 1.29 is 9.53 Å². The number of H-pyrrole nitrogens is 1. The largest absolute Gasteiger partial charge is 0.495 e. The van der Waals surface area contributed by atoms with Crippen LogP contribution in [0.25, 0.3) is 11.0 Å². The fraction of sp³-hybridized carbons (Fsp3) is 0.167. The summed E-state index contributed by atoms with van der Waals surface area (Å²) in [5.41, 5.74) is 5.89. The van der Waals surface area contributed by atoms with Crippen LogP contribution in [0.2, 0.25) is 0 Å². The number of nitrogens with one attached hydrogen (secondary N) is 3. The third-order valence-electron chi connectivity index (χ3n) is 5.64. The second kappa shape index (κ2) is 8.02. The minimum atomic E-state index is -0.292. The monoisotopic (exact) mass is 413 g/mol. The molecule has 0 bridgehead atoms. The van der Waals surface area contributed by atoms with Crippen molar-refractivity contribution in [3.8, 4) is 5.75 Å². The van der Waals surface area contributed by atoms with Crippen LogP contribution in [0.4, 0.5) is 21.9 Å². The number of anilines is 3. The van der Waals surface area contributed by atoms with Gasteiger partial charge < -0.3 is 25.3 Å². The average molecular weight is 413 g/mol. The van der Waals surface area contributed by atoms with Crippen LogP contribution in [0.5, 0.6) is 5.75 Å². The lowest BCUT2D eigenvalue weighted by Gasteiger charge is -2.20. The lowest BCUT2D eigenvalue weighted by molar-refractivity contribution is 0.262. The van der Waals surface area contributed by atoms with E-state index >= 15 is 0 Å². The van der Waals surface area contributed by atoms with E-state index in [-0.39, 0.29) is 6.03 Å². The van der Waals surface area contributed by atoms with Gasteiger partial charge in [-0.25, -0.2) is 9.78 Å². The summed E-state index contributed by atoms with van der Waals surface area (Å²) >= 11 is 0. The first kappa shape index (κ1) is 19.0. The number of fused-ring (bicyclic) bond motifs is 2. The fourth-order valence-electron chi connectivity index (χ4n) is 4.17. The Bertz CT molecular complexity index is 1250. The Morgan fingerprint density at radius 1 is 1.10 bits per heavy atom. The summed E-state index contributed by atoms with van der Waals surface area (Å²) in [6.07, 6.45) is 4.63. The first-order valence-electron chi connectivity index (χ1n) is 10.2. The molecule has 4 aromatic rings. The Hall–Kier alpha value is -4.00. The highest BCUT2D eigenvalue weighted by Gasteiger charge is 2.23. The maximum absolute atomic E-state index is 12.6. The maximum atomic E-state index is 12.6. The predicted molar refractivity (Wildman–Crippen MR) is 123 cm³/mol. The molecule has 0 radical (unpaired) electrons. The van der Waals surface area contributed by atoms with Gasteiger partial charge in [-0.15, -0.1) is 0 Å². The van der Waals surface area contributed by atoms with Crippen LogP contribution < -0.4 is 20.3 Å². The summed E-state index contributed by atoms with van der Waals surface area (Å²) in [6, 6.07) is 17.2. The van der Waals surface area contributed by atoms with Crippen LogP contribution in [0.1, 0.15) is 11.1 Å². The van der Waals surface area contributed by atoms with Crippen molar-refractivity contribution in [2.24, 2.45) is 0 Å². The molecule has 3 heterocycles. The number of pyridine rings is 1. The molecule has 0 spiro atoms. The first-order valence-corrected chi connectivity index (χ1v) is 10.2. The number of aromatic amines is 1. The molecule has 0 atom stereocenters. The summed E-state index contributed by atoms with van der Waals surface area (Å²) in [5.74, 6) is 0.621. The van der Waals surface area contributed by atoms with E-state index in [2.05, 4.69) is 43.7 Å². The predicted octanol–water partition coefficient (Wildman–Crippen LogP) is 4.78. The summed E-state index contributed by atoms with van der Waals surface area (Å²) in [7, 11) is 1.58. The van der Waals surface area contributed by atoms with E-state index in [1.165, 1.54) is 5.56 Å². The zero-order chi connectivity index (χ0) is 21.2. The zero-order valence-corrected chi connectivity index (χ0v) is 17.2. The fourth-order valence-corrected chi connectivity index (χ4v) is 4.17. The normalized spacial score (nSPS) is 12.6. The number of aromatic nitrogens is 2. The number of rotatable bonds is 5. The number of urea groups is 1. The number of carbonyl (C=O) groups excluding carboxylic acids is 1. The van der Waals surface area contributed by atoms with Crippen molar-refractivity contribution in [2.75, 3.05) is 29.2 Å². The highest BCUT2D eigenvalue weighted by molar-refractivity contribution is 6.01. The van der Waals surface area contributed by atoms with Gasteiger partial charge in [0.05, 0.1) is 12.8 Å². The van der Waals surface area contributed by atoms with Crippen LogP contribution in [0.3, 0.4) is 0 Å². The number of para-hydroxylation sites is 2. The lowest BCUT2D eigenvalue weighted by atomic mass is 10.1. The van der Waals surface area contributed by atoms with Crippen molar-refractivity contribution in [2.45, 2.75) is 13.0 Å². The number of hydrogen-bond acceptors (Lipinski definition) is 4. The molecule has 2 aromatic carbocycles. The molecule has 0 saturated heterocycles. The number of amides is 2. The minimum Gasteiger partial charge on any atom is -0.495 e. The van der Waals surface area contributed by atoms with Crippen LogP contribution in [-0.4, -0.2) is 29.7 Å². The summed E-state index contributed by atoms with van der Waals surface area (Å²) < 4.78 is 5.31. The molecule has 0 unspecified atom stereocenters. The molecular formula is C24H23N5O2. The van der Waals surface area contributed by atoms with Crippen molar-refractivity contribution in [3.63, 3.8) is 0 Å². The molecule has 1 aliphatic heterocycles. The van der Waals surface area contributed by atoms with Crippen molar-refractivity contribution in [1.29, 1.82) is 0 Å². The van der Waals surface area contributed by atoms with Gasteiger partial charge in [0.1, 0.15) is 11.4 Å². The highest BCUT2D eigenvalue weighted by Crippen LogP contribution is 2.35. The van der Waals surface area contributed by atoms with E-state index in [0.29, 0.717) is 11.4 Å². The number of carbonyl (C=O) groups is 1. The van der Waals surface area contributed by atoms with E-state index in [9.17, 15) is 4.79 Å². The first-order chi connectivity index (χ1) is 15.2. The van der Waals surface area contributed by atoms with Gasteiger partial charge in [-0.05, 0) is 48.4 Å². The number of hydrogen-bond donors (Lipinski definition) is 3. The second-order valence-corrected chi connectivity index (χ2v) is 7.46. The Morgan fingerprint density at radius 2 is 1.94 bits per heavy atom. The number of methoxy groups -OCH3 is 1. The number of nitrogens with zero attached hydrogens (tertiary/aromatic N) is 2. The van der Waals surface area contributed by atoms with Crippen LogP contribution in [0.15, 0.2) is 67.0 Å². The lowest BCUT2D eigenvalue weighted by Crippen LogP contribution is -2.20. The molecule has 5 rings (SSSR count). The molecule has 156 valence electrons. The molecule has 2 aromatic heterocycles. The van der Waals surface area contributed by atoms with Gasteiger partial charge in [-0.3, -0.25) is 0 Å². The van der Waals surface area contributed by atoms with Gasteiger partial charge in [-0.2, -0.15) is 0 Å². The smallest absolute Gasteiger partial charge is 0.323 e. The third-order valence-corrected chi connectivity index (χ3v) is 5.64. The Labute approximate surface area is 180 Å². The molecule has 7 nitrogen and oxygen atoms in total. The third kappa shape index (κ3) is 3.66. The van der Waals surface area contributed by atoms with E-state index in [0.717, 1.165) is 47.5 Å². The van der Waals surface area contributed by atoms with Crippen LogP contribution >= 0.6 is 0 Å². The van der Waals surface area contributed by atoms with E-state index in [4.69, 9.17) is 4.74 Å². The standard InChI is InChI=1S/C24H23N5O2/c1-31-22-8-3-2-5-20(22)28-24(30)27-19-6-4-7-21-18(19)11-14-29(21)15-16-9-12-25-23-17(16)10-13-26-23/h2-10,12-13H,11,14-15H2,1H3,(H,25,26)(H2,27,28,30). The van der Waals surface area contributed by atoms with Crippen molar-refractivity contribution >= 4 is 34.1 Å². The van der Waals surface area contributed by atoms with E-state index in [1.54, 1.807) is 7.11 Å². The summed E-state index contributed by atoms with van der Waals surface area (Å²) in [4.78, 5) is 22.5. The van der Waals surface area contributed by atoms with Crippen molar-refractivity contribution in [1.82, 2.24) is 9.97 Å².